The van der Waals surface area contributed by atoms with Crippen LogP contribution in [0.25, 0.3) is 0 Å². The summed E-state index contributed by atoms with van der Waals surface area (Å²) in [6.07, 6.45) is 1.74. The van der Waals surface area contributed by atoms with Gasteiger partial charge in [-0.15, -0.1) is 0 Å². The number of amides is 3. The Bertz CT molecular complexity index is 801. The molecule has 0 radical (unpaired) electrons. The number of likely N-dealkylation sites (N-methyl/N-ethyl adjacent to an activating group) is 1. The Morgan fingerprint density at radius 3 is 2.39 bits per heavy atom. The van der Waals surface area contributed by atoms with Crippen LogP contribution in [0.1, 0.15) is 30.0 Å². The van der Waals surface area contributed by atoms with E-state index in [4.69, 9.17) is 0 Å². The lowest BCUT2D eigenvalue weighted by Gasteiger charge is -2.34. The Labute approximate surface area is 166 Å². The minimum atomic E-state index is -0.710. The summed E-state index contributed by atoms with van der Waals surface area (Å²) in [4.78, 5) is 27.1. The number of hydrogen-bond donors (Lipinski definition) is 3. The summed E-state index contributed by atoms with van der Waals surface area (Å²) in [6, 6.07) is 16.8. The molecule has 0 unspecified atom stereocenters. The molecule has 0 spiro atoms. The molecular weight excluding hydrogens is 352 g/mol. The van der Waals surface area contributed by atoms with Crippen molar-refractivity contribution in [2.75, 3.05) is 25.0 Å². The van der Waals surface area contributed by atoms with Crippen LogP contribution in [0.4, 0.5) is 10.5 Å². The Morgan fingerprint density at radius 1 is 1.04 bits per heavy atom. The first-order chi connectivity index (χ1) is 13.6. The number of carbonyl (C=O) groups excluding carboxylic acids is 2. The predicted molar refractivity (Wildman–Crippen MR) is 111 cm³/mol. The molecule has 6 heteroatoms. The molecular formula is C22H28N4O2. The van der Waals surface area contributed by atoms with Gasteiger partial charge >= 0.3 is 6.03 Å². The minimum absolute atomic E-state index is 0.0992. The van der Waals surface area contributed by atoms with E-state index >= 15 is 0 Å². The molecule has 28 heavy (non-hydrogen) atoms. The van der Waals surface area contributed by atoms with Gasteiger partial charge in [0.1, 0.15) is 6.04 Å². The second-order valence-corrected chi connectivity index (χ2v) is 7.18. The third kappa shape index (κ3) is 5.03. The lowest BCUT2D eigenvalue weighted by molar-refractivity contribution is -0.122. The molecule has 1 atom stereocenters. The molecule has 148 valence electrons. The summed E-state index contributed by atoms with van der Waals surface area (Å²) in [7, 11) is 1.57. The number of anilines is 1. The highest BCUT2D eigenvalue weighted by Crippen LogP contribution is 2.21. The number of piperidine rings is 1. The Hall–Kier alpha value is -3.02. The van der Waals surface area contributed by atoms with Crippen molar-refractivity contribution in [3.63, 3.8) is 0 Å². The molecule has 2 aromatic carbocycles. The highest BCUT2D eigenvalue weighted by Gasteiger charge is 2.25. The van der Waals surface area contributed by atoms with Gasteiger partial charge in [-0.25, -0.2) is 4.79 Å². The highest BCUT2D eigenvalue weighted by molar-refractivity contribution is 5.88. The Kier molecular flexibility index (Phi) is 6.53. The fourth-order valence-corrected chi connectivity index (χ4v) is 3.55. The van der Waals surface area contributed by atoms with Gasteiger partial charge in [-0.2, -0.15) is 0 Å². The van der Waals surface area contributed by atoms with Crippen LogP contribution in [0, 0.1) is 6.92 Å². The lowest BCUT2D eigenvalue weighted by Crippen LogP contribution is -2.50. The van der Waals surface area contributed by atoms with Crippen LogP contribution in [0.5, 0.6) is 0 Å². The smallest absolute Gasteiger partial charge is 0.315 e. The van der Waals surface area contributed by atoms with E-state index in [1.54, 1.807) is 7.05 Å². The van der Waals surface area contributed by atoms with E-state index in [1.165, 1.54) is 11.3 Å². The maximum atomic E-state index is 12.5. The van der Waals surface area contributed by atoms with Crippen LogP contribution in [0.15, 0.2) is 54.6 Å². The van der Waals surface area contributed by atoms with E-state index in [2.05, 4.69) is 52.0 Å². The van der Waals surface area contributed by atoms with Gasteiger partial charge in [0, 0.05) is 31.9 Å². The van der Waals surface area contributed by atoms with Crippen LogP contribution >= 0.6 is 0 Å². The average Bonchev–Trinajstić information content (AvgIpc) is 2.72. The summed E-state index contributed by atoms with van der Waals surface area (Å²) in [5.74, 6) is -0.240. The number of hydrogen-bond acceptors (Lipinski definition) is 3. The molecule has 3 rings (SSSR count). The molecule has 0 aromatic heterocycles. The minimum Gasteiger partial charge on any atom is -0.371 e. The number of nitrogens with zero attached hydrogens (tertiary/aromatic N) is 1. The third-order valence-electron chi connectivity index (χ3n) is 5.11. The molecule has 1 aliphatic rings. The normalized spacial score (nSPS) is 15.6. The van der Waals surface area contributed by atoms with E-state index in [-0.39, 0.29) is 18.0 Å². The zero-order valence-corrected chi connectivity index (χ0v) is 16.4. The molecule has 0 aliphatic carbocycles. The first-order valence-corrected chi connectivity index (χ1v) is 9.72. The maximum Gasteiger partial charge on any atom is 0.315 e. The van der Waals surface area contributed by atoms with Gasteiger partial charge in [-0.3, -0.25) is 4.79 Å². The third-order valence-corrected chi connectivity index (χ3v) is 5.11. The van der Waals surface area contributed by atoms with Crippen molar-refractivity contribution in [2.24, 2.45) is 0 Å². The fraction of sp³-hybridized carbons (Fsp3) is 0.364. The van der Waals surface area contributed by atoms with Crippen molar-refractivity contribution in [3.8, 4) is 0 Å². The molecule has 3 N–H and O–H groups in total. The van der Waals surface area contributed by atoms with Crippen LogP contribution in [-0.2, 0) is 4.79 Å². The zero-order chi connectivity index (χ0) is 19.9. The van der Waals surface area contributed by atoms with Gasteiger partial charge in [0.15, 0.2) is 0 Å². The van der Waals surface area contributed by atoms with Crippen molar-refractivity contribution >= 4 is 17.6 Å². The van der Waals surface area contributed by atoms with Gasteiger partial charge < -0.3 is 20.9 Å². The number of nitrogens with one attached hydrogen (secondary N) is 3. The molecule has 3 amide bonds. The number of carbonyl (C=O) groups is 2. The van der Waals surface area contributed by atoms with Crippen molar-refractivity contribution in [3.05, 3.63) is 65.7 Å². The monoisotopic (exact) mass is 380 g/mol. The van der Waals surface area contributed by atoms with Crippen molar-refractivity contribution in [1.29, 1.82) is 0 Å². The fourth-order valence-electron chi connectivity index (χ4n) is 3.55. The standard InChI is InChI=1S/C22H28N4O2/c1-16-7-6-10-19(15-16)26-13-11-18(12-14-26)24-22(28)25-20(21(27)23-2)17-8-4-3-5-9-17/h3-10,15,18,20H,11-14H2,1-2H3,(H,23,27)(H2,24,25,28)/t20-/m0/s1. The highest BCUT2D eigenvalue weighted by atomic mass is 16.2. The van der Waals surface area contributed by atoms with Gasteiger partial charge in [0.25, 0.3) is 0 Å². The lowest BCUT2D eigenvalue weighted by atomic mass is 10.0. The van der Waals surface area contributed by atoms with Gasteiger partial charge in [0.05, 0.1) is 0 Å². The van der Waals surface area contributed by atoms with E-state index in [0.717, 1.165) is 31.5 Å². The van der Waals surface area contributed by atoms with Crippen molar-refractivity contribution in [1.82, 2.24) is 16.0 Å². The van der Waals surface area contributed by atoms with E-state index < -0.39 is 6.04 Å². The Morgan fingerprint density at radius 2 is 1.75 bits per heavy atom. The molecule has 0 bridgehead atoms. The topological polar surface area (TPSA) is 73.5 Å². The van der Waals surface area contributed by atoms with E-state index in [9.17, 15) is 9.59 Å². The predicted octanol–water partition coefficient (Wildman–Crippen LogP) is 2.75. The molecule has 2 aromatic rings. The summed E-state index contributed by atoms with van der Waals surface area (Å²) in [6.45, 7) is 3.88. The van der Waals surface area contributed by atoms with E-state index in [0.29, 0.717) is 0 Å². The van der Waals surface area contributed by atoms with Crippen molar-refractivity contribution in [2.45, 2.75) is 31.8 Å². The molecule has 1 aliphatic heterocycles. The van der Waals surface area contributed by atoms with E-state index in [1.807, 2.05) is 30.3 Å². The van der Waals surface area contributed by atoms with Gasteiger partial charge in [0.2, 0.25) is 5.91 Å². The number of benzene rings is 2. The first-order valence-electron chi connectivity index (χ1n) is 9.72. The van der Waals surface area contributed by atoms with Crippen LogP contribution in [-0.4, -0.2) is 38.1 Å². The number of rotatable bonds is 5. The second kappa shape index (κ2) is 9.26. The number of urea groups is 1. The summed E-state index contributed by atoms with van der Waals surface area (Å²) in [5, 5.41) is 8.44. The second-order valence-electron chi connectivity index (χ2n) is 7.18. The zero-order valence-electron chi connectivity index (χ0n) is 16.4. The molecule has 6 nitrogen and oxygen atoms in total. The maximum absolute atomic E-state index is 12.5. The van der Waals surface area contributed by atoms with Gasteiger partial charge in [-0.05, 0) is 43.0 Å². The Balaban J connectivity index is 1.54. The first kappa shape index (κ1) is 19.7. The van der Waals surface area contributed by atoms with Crippen LogP contribution < -0.4 is 20.9 Å². The van der Waals surface area contributed by atoms with Crippen LogP contribution in [0.2, 0.25) is 0 Å². The molecule has 1 heterocycles. The summed E-state index contributed by atoms with van der Waals surface area (Å²) >= 11 is 0. The van der Waals surface area contributed by atoms with Crippen LogP contribution in [0.3, 0.4) is 0 Å². The van der Waals surface area contributed by atoms with Crippen molar-refractivity contribution < 1.29 is 9.59 Å². The molecule has 0 saturated carbocycles. The van der Waals surface area contributed by atoms with Gasteiger partial charge in [-0.1, -0.05) is 42.5 Å². The average molecular weight is 380 g/mol. The summed E-state index contributed by atoms with van der Waals surface area (Å²) < 4.78 is 0. The molecule has 1 fully saturated rings. The largest absolute Gasteiger partial charge is 0.371 e. The molecule has 1 saturated heterocycles. The summed E-state index contributed by atoms with van der Waals surface area (Å²) in [5.41, 5.74) is 3.23. The number of aryl methyl sites for hydroxylation is 1. The quantitative estimate of drug-likeness (QED) is 0.747. The SMILES string of the molecule is CNC(=O)[C@@H](NC(=O)NC1CCN(c2cccc(C)c2)CC1)c1ccccc1.